The molecular weight excluding hydrogens is 288 g/mol. The molecule has 20 heavy (non-hydrogen) atoms. The van der Waals surface area contributed by atoms with Crippen molar-refractivity contribution in [3.05, 3.63) is 0 Å². The number of aliphatic carboxylic acids is 1. The molecule has 8 heteroatoms. The quantitative estimate of drug-likeness (QED) is 0.661. The summed E-state index contributed by atoms with van der Waals surface area (Å²) in [5.41, 5.74) is -1.45. The average Bonchev–Trinajstić information content (AvgIpc) is 2.27. The van der Waals surface area contributed by atoms with Crippen LogP contribution in [0, 0.1) is 5.92 Å². The number of esters is 1. The third-order valence-corrected chi connectivity index (χ3v) is 5.05. The zero-order chi connectivity index (χ0) is 15.4. The van der Waals surface area contributed by atoms with Crippen LogP contribution >= 0.6 is 0 Å². The first-order chi connectivity index (χ1) is 9.17. The van der Waals surface area contributed by atoms with Crippen molar-refractivity contribution in [1.82, 2.24) is 0 Å². The van der Waals surface area contributed by atoms with Crippen molar-refractivity contribution >= 4 is 21.8 Å². The lowest BCUT2D eigenvalue weighted by atomic mass is 9.80. The van der Waals surface area contributed by atoms with E-state index in [-0.39, 0.29) is 32.3 Å². The highest BCUT2D eigenvalue weighted by molar-refractivity contribution is 7.92. The number of carbonyl (C=O) groups excluding carboxylic acids is 1. The molecule has 0 amide bonds. The number of carboxylic acid groups (broad SMARTS) is 1. The lowest BCUT2D eigenvalue weighted by molar-refractivity contribution is -0.144. The van der Waals surface area contributed by atoms with Crippen molar-refractivity contribution in [2.45, 2.75) is 38.2 Å². The number of hydrogen-bond acceptors (Lipinski definition) is 6. The van der Waals surface area contributed by atoms with Crippen molar-refractivity contribution in [1.29, 1.82) is 0 Å². The van der Waals surface area contributed by atoms with E-state index >= 15 is 0 Å². The maximum atomic E-state index is 11.8. The molecule has 1 aliphatic carbocycles. The number of hydrogen-bond donors (Lipinski definition) is 2. The van der Waals surface area contributed by atoms with Crippen molar-refractivity contribution < 1.29 is 33.0 Å². The second kappa shape index (κ2) is 6.53. The van der Waals surface area contributed by atoms with E-state index in [0.717, 1.165) is 0 Å². The fraction of sp³-hybridized carbons (Fsp3) is 0.833. The second-order valence-electron chi connectivity index (χ2n) is 5.17. The summed E-state index contributed by atoms with van der Waals surface area (Å²) in [6.07, 6.45) is 0.680. The Hall–Kier alpha value is -1.15. The van der Waals surface area contributed by atoms with Crippen molar-refractivity contribution in [2.24, 2.45) is 5.92 Å². The summed E-state index contributed by atoms with van der Waals surface area (Å²) in [5, 5.41) is 19.1. The molecule has 116 valence electrons. The summed E-state index contributed by atoms with van der Waals surface area (Å²) in [4.78, 5) is 22.0. The molecule has 1 aliphatic rings. The number of carboxylic acids is 1. The predicted octanol–water partition coefficient (Wildman–Crippen LogP) is -0.0298. The highest BCUT2D eigenvalue weighted by Crippen LogP contribution is 2.33. The van der Waals surface area contributed by atoms with Crippen LogP contribution in [-0.2, 0) is 24.2 Å². The molecule has 7 nitrogen and oxygen atoms in total. The molecule has 2 N–H and O–H groups in total. The number of ether oxygens (including phenoxy) is 1. The molecule has 1 rings (SSSR count). The van der Waals surface area contributed by atoms with E-state index < -0.39 is 44.8 Å². The Labute approximate surface area is 117 Å². The molecule has 0 aromatic heterocycles. The van der Waals surface area contributed by atoms with Crippen LogP contribution in [0.1, 0.15) is 32.6 Å². The third-order valence-electron chi connectivity index (χ3n) is 3.40. The molecule has 0 unspecified atom stereocenters. The van der Waals surface area contributed by atoms with Gasteiger partial charge in [-0.15, -0.1) is 0 Å². The van der Waals surface area contributed by atoms with Crippen molar-refractivity contribution in [2.75, 3.05) is 18.1 Å². The maximum absolute atomic E-state index is 11.8. The van der Waals surface area contributed by atoms with E-state index in [1.165, 1.54) is 0 Å². The smallest absolute Gasteiger partial charge is 0.321 e. The summed E-state index contributed by atoms with van der Waals surface area (Å²) in [6.45, 7) is 1.67. The van der Waals surface area contributed by atoms with Gasteiger partial charge in [0.2, 0.25) is 0 Å². The van der Waals surface area contributed by atoms with E-state index in [9.17, 15) is 23.1 Å². The van der Waals surface area contributed by atoms with Gasteiger partial charge in [0.1, 0.15) is 5.75 Å². The molecule has 0 radical (unpaired) electrons. The van der Waals surface area contributed by atoms with Crippen LogP contribution in [0.2, 0.25) is 0 Å². The summed E-state index contributed by atoms with van der Waals surface area (Å²) in [5.74, 6) is -3.60. The van der Waals surface area contributed by atoms with Crippen LogP contribution < -0.4 is 0 Å². The molecule has 0 spiro atoms. The number of sulfone groups is 1. The monoisotopic (exact) mass is 308 g/mol. The van der Waals surface area contributed by atoms with E-state index in [4.69, 9.17) is 5.11 Å². The first-order valence-corrected chi connectivity index (χ1v) is 8.31. The molecule has 0 aliphatic heterocycles. The van der Waals surface area contributed by atoms with E-state index in [2.05, 4.69) is 4.74 Å². The van der Waals surface area contributed by atoms with Gasteiger partial charge in [0.15, 0.2) is 9.84 Å². The Balaban J connectivity index is 2.59. The van der Waals surface area contributed by atoms with Crippen molar-refractivity contribution in [3.8, 4) is 0 Å². The zero-order valence-electron chi connectivity index (χ0n) is 11.4. The Bertz CT molecular complexity index is 460. The SMILES string of the molecule is CCOC(=O)CS(=O)(=O)CC1(O)CCC(C(=O)O)CC1. The Morgan fingerprint density at radius 3 is 2.30 bits per heavy atom. The van der Waals surface area contributed by atoms with Gasteiger partial charge in [0, 0.05) is 0 Å². The van der Waals surface area contributed by atoms with Gasteiger partial charge in [-0.05, 0) is 32.6 Å². The largest absolute Gasteiger partial charge is 0.481 e. The van der Waals surface area contributed by atoms with E-state index in [1.807, 2.05) is 0 Å². The maximum Gasteiger partial charge on any atom is 0.321 e. The topological polar surface area (TPSA) is 118 Å². The van der Waals surface area contributed by atoms with Crippen LogP contribution in [0.15, 0.2) is 0 Å². The molecule has 0 atom stereocenters. The standard InChI is InChI=1S/C12H20O7S/c1-2-19-10(13)7-20(17,18)8-12(16)5-3-9(4-6-12)11(14)15/h9,16H,2-8H2,1H3,(H,14,15). The summed E-state index contributed by atoms with van der Waals surface area (Å²) in [6, 6.07) is 0. The highest BCUT2D eigenvalue weighted by atomic mass is 32.2. The fourth-order valence-electron chi connectivity index (χ4n) is 2.39. The van der Waals surface area contributed by atoms with Gasteiger partial charge in [-0.25, -0.2) is 8.42 Å². The van der Waals surface area contributed by atoms with Crippen LogP contribution in [0.5, 0.6) is 0 Å². The van der Waals surface area contributed by atoms with Crippen LogP contribution in [0.3, 0.4) is 0 Å². The van der Waals surface area contributed by atoms with Crippen LogP contribution in [-0.4, -0.2) is 54.3 Å². The summed E-state index contributed by atoms with van der Waals surface area (Å²) >= 11 is 0. The van der Waals surface area contributed by atoms with Gasteiger partial charge in [0.05, 0.1) is 23.9 Å². The predicted molar refractivity (Wildman–Crippen MR) is 69.8 cm³/mol. The molecule has 1 fully saturated rings. The molecule has 0 aromatic carbocycles. The third kappa shape index (κ3) is 5.09. The van der Waals surface area contributed by atoms with Crippen LogP contribution in [0.4, 0.5) is 0 Å². The minimum absolute atomic E-state index is 0.0961. The van der Waals surface area contributed by atoms with Gasteiger partial charge < -0.3 is 14.9 Å². The average molecular weight is 308 g/mol. The Kier molecular flexibility index (Phi) is 5.52. The lowest BCUT2D eigenvalue weighted by Crippen LogP contribution is -2.43. The van der Waals surface area contributed by atoms with Gasteiger partial charge in [-0.3, -0.25) is 9.59 Å². The van der Waals surface area contributed by atoms with E-state index in [1.54, 1.807) is 6.92 Å². The first-order valence-electron chi connectivity index (χ1n) is 6.49. The van der Waals surface area contributed by atoms with Gasteiger partial charge >= 0.3 is 11.9 Å². The number of aliphatic hydroxyl groups is 1. The minimum atomic E-state index is -3.77. The van der Waals surface area contributed by atoms with Crippen molar-refractivity contribution in [3.63, 3.8) is 0 Å². The Morgan fingerprint density at radius 1 is 1.30 bits per heavy atom. The summed E-state index contributed by atoms with van der Waals surface area (Å²) in [7, 11) is -3.77. The number of carbonyl (C=O) groups is 2. The molecular formula is C12H20O7S. The number of rotatable bonds is 6. The fourth-order valence-corrected chi connectivity index (χ4v) is 4.04. The summed E-state index contributed by atoms with van der Waals surface area (Å²) < 4.78 is 28.2. The molecule has 0 saturated heterocycles. The molecule has 0 bridgehead atoms. The molecule has 1 saturated carbocycles. The zero-order valence-corrected chi connectivity index (χ0v) is 12.2. The second-order valence-corrected chi connectivity index (χ2v) is 7.24. The minimum Gasteiger partial charge on any atom is -0.481 e. The van der Waals surface area contributed by atoms with Gasteiger partial charge in [-0.2, -0.15) is 0 Å². The Morgan fingerprint density at radius 2 is 1.85 bits per heavy atom. The van der Waals surface area contributed by atoms with E-state index in [0.29, 0.717) is 0 Å². The van der Waals surface area contributed by atoms with Crippen LogP contribution in [0.25, 0.3) is 0 Å². The highest BCUT2D eigenvalue weighted by Gasteiger charge is 2.39. The van der Waals surface area contributed by atoms with Gasteiger partial charge in [-0.1, -0.05) is 0 Å². The molecule has 0 aromatic rings. The van der Waals surface area contributed by atoms with Gasteiger partial charge in [0.25, 0.3) is 0 Å². The first kappa shape index (κ1) is 16.9. The molecule has 0 heterocycles. The normalized spacial score (nSPS) is 27.0. The lowest BCUT2D eigenvalue weighted by Gasteiger charge is -2.34.